The number of anilines is 1. The molecule has 2 heterocycles. The van der Waals surface area contributed by atoms with E-state index in [0.717, 1.165) is 6.20 Å². The second-order valence-corrected chi connectivity index (χ2v) is 6.80. The number of aromatic nitrogens is 1. The Balaban J connectivity index is 1.69. The molecule has 0 spiro atoms. The van der Waals surface area contributed by atoms with Crippen LogP contribution in [0.4, 0.5) is 10.1 Å². The van der Waals surface area contributed by atoms with Gasteiger partial charge in [0.05, 0.1) is 6.54 Å². The van der Waals surface area contributed by atoms with Crippen molar-refractivity contribution in [1.82, 2.24) is 9.71 Å². The van der Waals surface area contributed by atoms with Crippen LogP contribution in [0.15, 0.2) is 47.5 Å². The molecule has 3 rings (SSSR count). The van der Waals surface area contributed by atoms with Gasteiger partial charge in [-0.25, -0.2) is 17.8 Å². The van der Waals surface area contributed by atoms with E-state index in [9.17, 15) is 17.6 Å². The summed E-state index contributed by atoms with van der Waals surface area (Å²) in [5.41, 5.74) is 0.591. The van der Waals surface area contributed by atoms with Crippen LogP contribution in [0.2, 0.25) is 0 Å². The van der Waals surface area contributed by atoms with Gasteiger partial charge in [0.25, 0.3) is 0 Å². The van der Waals surface area contributed by atoms with E-state index in [-0.39, 0.29) is 17.1 Å². The van der Waals surface area contributed by atoms with E-state index >= 15 is 0 Å². The van der Waals surface area contributed by atoms with Gasteiger partial charge in [-0.15, -0.1) is 0 Å². The predicted molar refractivity (Wildman–Crippen MR) is 81.8 cm³/mol. The number of nitriles is 1. The van der Waals surface area contributed by atoms with Crippen molar-refractivity contribution in [3.8, 4) is 6.07 Å². The van der Waals surface area contributed by atoms with Gasteiger partial charge >= 0.3 is 0 Å². The van der Waals surface area contributed by atoms with Crippen LogP contribution < -0.4 is 9.62 Å². The van der Waals surface area contributed by atoms with Crippen molar-refractivity contribution >= 4 is 21.6 Å². The lowest BCUT2D eigenvalue weighted by Crippen LogP contribution is -2.64. The van der Waals surface area contributed by atoms with Crippen molar-refractivity contribution in [3.63, 3.8) is 0 Å². The van der Waals surface area contributed by atoms with Crippen LogP contribution in [0.1, 0.15) is 5.69 Å². The van der Waals surface area contributed by atoms with Gasteiger partial charge in [-0.05, 0) is 36.4 Å². The molecule has 1 aromatic carbocycles. The van der Waals surface area contributed by atoms with Gasteiger partial charge in [-0.3, -0.25) is 4.79 Å². The molecule has 7 nitrogen and oxygen atoms in total. The molecule has 0 bridgehead atoms. The number of carbonyl (C=O) groups excluding carboxylic acids is 1. The van der Waals surface area contributed by atoms with Crippen LogP contribution in [0.25, 0.3) is 0 Å². The summed E-state index contributed by atoms with van der Waals surface area (Å²) in [6, 6.07) is 8.76. The van der Waals surface area contributed by atoms with E-state index in [2.05, 4.69) is 9.71 Å². The average molecular weight is 346 g/mol. The molecule has 1 aliphatic rings. The van der Waals surface area contributed by atoms with Crippen molar-refractivity contribution in [2.45, 2.75) is 10.9 Å². The number of hydrogen-bond donors (Lipinski definition) is 1. The van der Waals surface area contributed by atoms with Crippen molar-refractivity contribution in [1.29, 1.82) is 5.26 Å². The van der Waals surface area contributed by atoms with Crippen molar-refractivity contribution in [2.75, 3.05) is 11.4 Å². The smallest absolute Gasteiger partial charge is 0.247 e. The summed E-state index contributed by atoms with van der Waals surface area (Å²) in [4.78, 5) is 17.0. The van der Waals surface area contributed by atoms with Crippen molar-refractivity contribution < 1.29 is 17.6 Å². The van der Waals surface area contributed by atoms with Crippen LogP contribution in [0.3, 0.4) is 0 Å². The minimum Gasteiger partial charge on any atom is -0.309 e. The monoisotopic (exact) mass is 346 g/mol. The molecule has 1 aliphatic heterocycles. The molecule has 0 aliphatic carbocycles. The van der Waals surface area contributed by atoms with Crippen LogP contribution in [0, 0.1) is 17.1 Å². The highest BCUT2D eigenvalue weighted by Gasteiger charge is 2.40. The number of amides is 1. The van der Waals surface area contributed by atoms with E-state index in [1.54, 1.807) is 6.07 Å². The maximum absolute atomic E-state index is 12.9. The molecular formula is C15H11FN4O3S. The topological polar surface area (TPSA) is 103 Å². The second-order valence-electron chi connectivity index (χ2n) is 5.09. The molecule has 1 atom stereocenters. The minimum atomic E-state index is -3.92. The molecule has 2 aromatic rings. The minimum absolute atomic E-state index is 0.0937. The summed E-state index contributed by atoms with van der Waals surface area (Å²) >= 11 is 0. The number of hydrogen-bond acceptors (Lipinski definition) is 5. The van der Waals surface area contributed by atoms with E-state index in [1.165, 1.54) is 41.3 Å². The number of nitrogens with one attached hydrogen (secondary N) is 1. The summed E-state index contributed by atoms with van der Waals surface area (Å²) in [5, 5.41) is 8.66. The Labute approximate surface area is 137 Å². The van der Waals surface area contributed by atoms with Gasteiger partial charge in [-0.2, -0.15) is 9.98 Å². The maximum atomic E-state index is 12.9. The van der Waals surface area contributed by atoms with Gasteiger partial charge in [-0.1, -0.05) is 0 Å². The lowest BCUT2D eigenvalue weighted by atomic mass is 10.1. The Morgan fingerprint density at radius 1 is 1.25 bits per heavy atom. The zero-order valence-electron chi connectivity index (χ0n) is 12.2. The molecule has 24 heavy (non-hydrogen) atoms. The lowest BCUT2D eigenvalue weighted by Gasteiger charge is -2.38. The standard InChI is InChI=1S/C15H11FN4O3S/c16-10-1-4-12(5-2-10)20-9-14(15(20)21)19-24(22,23)13-6-3-11(7-17)18-8-13/h1-6,8,14,19H,9H2/t14-/m0/s1. The van der Waals surface area contributed by atoms with Crippen LogP contribution in [-0.4, -0.2) is 31.9 Å². The highest BCUT2D eigenvalue weighted by atomic mass is 32.2. The van der Waals surface area contributed by atoms with Gasteiger partial charge in [0.2, 0.25) is 15.9 Å². The van der Waals surface area contributed by atoms with Crippen LogP contribution in [0.5, 0.6) is 0 Å². The van der Waals surface area contributed by atoms with Gasteiger partial charge < -0.3 is 4.90 Å². The molecule has 1 N–H and O–H groups in total. The molecule has 0 radical (unpaired) electrons. The third-order valence-electron chi connectivity index (χ3n) is 3.53. The quantitative estimate of drug-likeness (QED) is 0.824. The Hall–Kier alpha value is -2.83. The summed E-state index contributed by atoms with van der Waals surface area (Å²) in [6.45, 7) is 0.146. The number of sulfonamides is 1. The molecule has 122 valence electrons. The average Bonchev–Trinajstić information content (AvgIpc) is 2.59. The SMILES string of the molecule is N#Cc1ccc(S(=O)(=O)N[C@H]2CN(c3ccc(F)cc3)C2=O)cn1. The fourth-order valence-electron chi connectivity index (χ4n) is 2.23. The van der Waals surface area contributed by atoms with Gasteiger partial charge in [0.1, 0.15) is 28.5 Å². The fourth-order valence-corrected chi connectivity index (χ4v) is 3.35. The number of nitrogens with zero attached hydrogens (tertiary/aromatic N) is 3. The summed E-state index contributed by atoms with van der Waals surface area (Å²) in [5.74, 6) is -0.843. The Bertz CT molecular complexity index is 921. The Morgan fingerprint density at radius 3 is 2.50 bits per heavy atom. The molecule has 1 saturated heterocycles. The molecule has 0 unspecified atom stereocenters. The lowest BCUT2D eigenvalue weighted by molar-refractivity contribution is -0.124. The number of pyridine rings is 1. The first-order valence-electron chi connectivity index (χ1n) is 6.86. The predicted octanol–water partition coefficient (Wildman–Crippen LogP) is 0.786. The number of carbonyl (C=O) groups is 1. The Morgan fingerprint density at radius 2 is 1.96 bits per heavy atom. The van der Waals surface area contributed by atoms with Gasteiger partial charge in [0.15, 0.2) is 0 Å². The van der Waals surface area contributed by atoms with Gasteiger partial charge in [0, 0.05) is 11.9 Å². The van der Waals surface area contributed by atoms with Crippen LogP contribution >= 0.6 is 0 Å². The largest absolute Gasteiger partial charge is 0.309 e. The first kappa shape index (κ1) is 16.0. The molecule has 1 fully saturated rings. The van der Waals surface area contributed by atoms with E-state index < -0.39 is 27.8 Å². The molecular weight excluding hydrogens is 335 g/mol. The first-order chi connectivity index (χ1) is 11.4. The molecule has 9 heteroatoms. The third-order valence-corrected chi connectivity index (χ3v) is 4.98. The zero-order chi connectivity index (χ0) is 17.3. The molecule has 0 saturated carbocycles. The number of halogens is 1. The number of β-lactam (4-membered cyclic amide) rings is 1. The number of rotatable bonds is 4. The zero-order valence-corrected chi connectivity index (χ0v) is 13.0. The highest BCUT2D eigenvalue weighted by molar-refractivity contribution is 7.89. The van der Waals surface area contributed by atoms with Crippen molar-refractivity contribution in [3.05, 3.63) is 54.1 Å². The van der Waals surface area contributed by atoms with Crippen LogP contribution in [-0.2, 0) is 14.8 Å². The summed E-state index contributed by atoms with van der Waals surface area (Å²) in [6.07, 6.45) is 1.06. The maximum Gasteiger partial charge on any atom is 0.247 e. The molecule has 1 aromatic heterocycles. The van der Waals surface area contributed by atoms with Crippen molar-refractivity contribution in [2.24, 2.45) is 0 Å². The second kappa shape index (κ2) is 5.99. The third kappa shape index (κ3) is 2.97. The molecule has 1 amide bonds. The van der Waals surface area contributed by atoms with E-state index in [4.69, 9.17) is 5.26 Å². The highest BCUT2D eigenvalue weighted by Crippen LogP contribution is 2.23. The first-order valence-corrected chi connectivity index (χ1v) is 8.34. The number of benzene rings is 1. The summed E-state index contributed by atoms with van der Waals surface area (Å²) < 4.78 is 39.6. The van der Waals surface area contributed by atoms with E-state index in [0.29, 0.717) is 5.69 Å². The summed E-state index contributed by atoms with van der Waals surface area (Å²) in [7, 11) is -3.92. The normalized spacial score (nSPS) is 17.2. The fraction of sp³-hybridized carbons (Fsp3) is 0.133. The van der Waals surface area contributed by atoms with E-state index in [1.807, 2.05) is 0 Å². The Kier molecular flexibility index (Phi) is 4.01.